The molecule has 4 heterocycles. The minimum Gasteiger partial charge on any atom is -0.368 e. The summed E-state index contributed by atoms with van der Waals surface area (Å²) in [6.07, 6.45) is 2.06. The number of rotatable bonds is 4. The lowest BCUT2D eigenvalue weighted by Crippen LogP contribution is -2.48. The number of aromatic nitrogens is 1. The Bertz CT molecular complexity index is 1550. The van der Waals surface area contributed by atoms with Crippen LogP contribution in [0.1, 0.15) is 23.1 Å². The number of carbonyl (C=O) groups excluding carboxylic acids is 1. The summed E-state index contributed by atoms with van der Waals surface area (Å²) in [5, 5.41) is 9.74. The number of thiocarbonyl (C=S) groups is 1. The van der Waals surface area contributed by atoms with Crippen molar-refractivity contribution in [2.24, 2.45) is 7.05 Å². The first-order valence-corrected chi connectivity index (χ1v) is 15.3. The van der Waals surface area contributed by atoms with E-state index in [9.17, 15) is 23.3 Å². The summed E-state index contributed by atoms with van der Waals surface area (Å²) in [6, 6.07) is 11.7. The number of carbonyl (C=O) groups is 1. The van der Waals surface area contributed by atoms with Crippen molar-refractivity contribution in [3.63, 3.8) is 0 Å². The largest absolute Gasteiger partial charge is 0.368 e. The van der Waals surface area contributed by atoms with Gasteiger partial charge < -0.3 is 9.80 Å². The second-order valence-corrected chi connectivity index (χ2v) is 13.5. The van der Waals surface area contributed by atoms with E-state index in [2.05, 4.69) is 21.9 Å². The zero-order valence-electron chi connectivity index (χ0n) is 21.1. The number of amides is 1. The summed E-state index contributed by atoms with van der Waals surface area (Å²) in [7, 11) is -1.55. The van der Waals surface area contributed by atoms with E-state index in [4.69, 9.17) is 12.2 Å². The standard InChI is InChI=1S/C26H27N5O4S3/c1-17-20(14-22-25(33)31(26(36)37-22)19-8-13-38(34,35)16-19)23(28(2)24(32)21(17)15-27)30-11-9-29(10-12-30)18-6-4-3-5-7-18/h3-7,14,19H,8-13,16H2,1-2H3. The maximum atomic E-state index is 13.4. The van der Waals surface area contributed by atoms with Gasteiger partial charge in [-0.2, -0.15) is 5.26 Å². The Morgan fingerprint density at radius 3 is 2.37 bits per heavy atom. The van der Waals surface area contributed by atoms with Gasteiger partial charge in [-0.1, -0.05) is 42.2 Å². The maximum absolute atomic E-state index is 13.4. The van der Waals surface area contributed by atoms with Gasteiger partial charge in [-0.25, -0.2) is 8.42 Å². The second-order valence-electron chi connectivity index (χ2n) is 9.63. The van der Waals surface area contributed by atoms with Crippen LogP contribution in [-0.2, 0) is 21.7 Å². The van der Waals surface area contributed by atoms with Gasteiger partial charge in [0.25, 0.3) is 11.5 Å². The Labute approximate surface area is 231 Å². The molecule has 0 saturated carbocycles. The molecule has 3 aliphatic heterocycles. The molecule has 1 amide bonds. The molecule has 5 rings (SSSR count). The first kappa shape index (κ1) is 26.5. The van der Waals surface area contributed by atoms with E-state index in [1.807, 2.05) is 24.3 Å². The average molecular weight is 570 g/mol. The van der Waals surface area contributed by atoms with Crippen molar-refractivity contribution in [1.29, 1.82) is 5.26 Å². The molecule has 1 atom stereocenters. The first-order valence-electron chi connectivity index (χ1n) is 12.3. The summed E-state index contributed by atoms with van der Waals surface area (Å²) >= 11 is 6.60. The van der Waals surface area contributed by atoms with Crippen molar-refractivity contribution in [2.45, 2.75) is 19.4 Å². The van der Waals surface area contributed by atoms with E-state index in [-0.39, 0.29) is 28.5 Å². The number of nitriles is 1. The van der Waals surface area contributed by atoms with Crippen molar-refractivity contribution in [3.05, 3.63) is 62.3 Å². The molecular formula is C26H27N5O4S3. The number of anilines is 2. The number of benzene rings is 1. The topological polar surface area (TPSA) is 107 Å². The number of pyridine rings is 1. The minimum absolute atomic E-state index is 0.0304. The lowest BCUT2D eigenvalue weighted by Gasteiger charge is -2.38. The van der Waals surface area contributed by atoms with Crippen LogP contribution in [0, 0.1) is 18.3 Å². The first-order chi connectivity index (χ1) is 18.1. The van der Waals surface area contributed by atoms with Crippen LogP contribution in [0.25, 0.3) is 6.08 Å². The van der Waals surface area contributed by atoms with Crippen LogP contribution < -0.4 is 15.4 Å². The summed E-state index contributed by atoms with van der Waals surface area (Å²) in [4.78, 5) is 32.7. The van der Waals surface area contributed by atoms with Crippen LogP contribution in [0.4, 0.5) is 11.5 Å². The summed E-state index contributed by atoms with van der Waals surface area (Å²) in [5.74, 6) is 0.251. The van der Waals surface area contributed by atoms with Gasteiger partial charge in [-0.3, -0.25) is 19.1 Å². The third kappa shape index (κ3) is 4.74. The summed E-state index contributed by atoms with van der Waals surface area (Å²) < 4.78 is 25.9. The molecule has 1 aromatic carbocycles. The molecule has 1 aromatic heterocycles. The average Bonchev–Trinajstić information content (AvgIpc) is 3.40. The van der Waals surface area contributed by atoms with Crippen LogP contribution >= 0.6 is 24.0 Å². The lowest BCUT2D eigenvalue weighted by atomic mass is 10.0. The smallest absolute Gasteiger partial charge is 0.270 e. The number of para-hydroxylation sites is 1. The highest BCUT2D eigenvalue weighted by Crippen LogP contribution is 2.38. The number of hydrogen-bond donors (Lipinski definition) is 0. The van der Waals surface area contributed by atoms with Gasteiger partial charge >= 0.3 is 0 Å². The molecule has 0 spiro atoms. The zero-order valence-corrected chi connectivity index (χ0v) is 23.5. The summed E-state index contributed by atoms with van der Waals surface area (Å²) in [6.45, 7) is 4.51. The SMILES string of the molecule is Cc1c(C=C2SC(=S)N(C3CCS(=O)(=O)C3)C2=O)c(N2CCN(c3ccccc3)CC2)n(C)c(=O)c1C#N. The highest BCUT2D eigenvalue weighted by Gasteiger charge is 2.42. The van der Waals surface area contributed by atoms with E-state index in [0.29, 0.717) is 45.7 Å². The highest BCUT2D eigenvalue weighted by molar-refractivity contribution is 8.26. The molecule has 3 fully saturated rings. The number of hydrogen-bond acceptors (Lipinski definition) is 9. The van der Waals surface area contributed by atoms with E-state index in [1.54, 1.807) is 20.0 Å². The van der Waals surface area contributed by atoms with E-state index in [1.165, 1.54) is 9.47 Å². The van der Waals surface area contributed by atoms with Gasteiger partial charge in [0.2, 0.25) is 0 Å². The van der Waals surface area contributed by atoms with Gasteiger partial charge in [0, 0.05) is 44.5 Å². The monoisotopic (exact) mass is 569 g/mol. The number of thioether (sulfide) groups is 1. The molecular weight excluding hydrogens is 543 g/mol. The van der Waals surface area contributed by atoms with Gasteiger partial charge in [0.1, 0.15) is 21.8 Å². The molecule has 9 nitrogen and oxygen atoms in total. The molecule has 2 aromatic rings. The molecule has 12 heteroatoms. The van der Waals surface area contributed by atoms with Crippen LogP contribution in [0.2, 0.25) is 0 Å². The molecule has 0 bridgehead atoms. The Morgan fingerprint density at radius 1 is 1.11 bits per heavy atom. The fraction of sp³-hybridized carbons (Fsp3) is 0.385. The van der Waals surface area contributed by atoms with Crippen LogP contribution in [0.3, 0.4) is 0 Å². The molecule has 38 heavy (non-hydrogen) atoms. The third-order valence-electron chi connectivity index (χ3n) is 7.34. The predicted molar refractivity (Wildman–Crippen MR) is 154 cm³/mol. The van der Waals surface area contributed by atoms with E-state index >= 15 is 0 Å². The van der Waals surface area contributed by atoms with Crippen molar-refractivity contribution in [1.82, 2.24) is 9.47 Å². The van der Waals surface area contributed by atoms with Gasteiger partial charge in [0.15, 0.2) is 9.84 Å². The van der Waals surface area contributed by atoms with Crippen molar-refractivity contribution >= 4 is 61.6 Å². The molecule has 0 N–H and O–H groups in total. The molecule has 1 unspecified atom stereocenters. The molecule has 3 saturated heterocycles. The lowest BCUT2D eigenvalue weighted by molar-refractivity contribution is -0.123. The normalized spacial score (nSPS) is 22.4. The molecule has 198 valence electrons. The van der Waals surface area contributed by atoms with Gasteiger partial charge in [-0.05, 0) is 37.1 Å². The van der Waals surface area contributed by atoms with E-state index in [0.717, 1.165) is 30.5 Å². The van der Waals surface area contributed by atoms with E-state index < -0.39 is 15.9 Å². The van der Waals surface area contributed by atoms with Crippen molar-refractivity contribution in [3.8, 4) is 6.07 Å². The molecule has 3 aliphatic rings. The summed E-state index contributed by atoms with van der Waals surface area (Å²) in [5.41, 5.74) is 1.91. The van der Waals surface area contributed by atoms with Gasteiger partial charge in [0.05, 0.1) is 22.5 Å². The second kappa shape index (κ2) is 10.2. The Morgan fingerprint density at radius 2 is 1.76 bits per heavy atom. The fourth-order valence-corrected chi connectivity index (χ4v) is 8.40. The number of piperazine rings is 1. The number of sulfone groups is 1. The third-order valence-corrected chi connectivity index (χ3v) is 10.4. The van der Waals surface area contributed by atoms with Gasteiger partial charge in [-0.15, -0.1) is 0 Å². The fourth-order valence-electron chi connectivity index (χ4n) is 5.31. The van der Waals surface area contributed by atoms with Crippen LogP contribution in [0.5, 0.6) is 0 Å². The zero-order chi connectivity index (χ0) is 27.2. The molecule has 0 aliphatic carbocycles. The van der Waals surface area contributed by atoms with Crippen LogP contribution in [0.15, 0.2) is 40.0 Å². The minimum atomic E-state index is -3.20. The quantitative estimate of drug-likeness (QED) is 0.405. The maximum Gasteiger partial charge on any atom is 0.270 e. The Kier molecular flexibility index (Phi) is 7.11. The van der Waals surface area contributed by atoms with Crippen molar-refractivity contribution < 1.29 is 13.2 Å². The van der Waals surface area contributed by atoms with Crippen molar-refractivity contribution in [2.75, 3.05) is 47.5 Å². The Balaban J connectivity index is 1.51. The number of nitrogens with zero attached hydrogens (tertiary/aromatic N) is 5. The molecule has 0 radical (unpaired) electrons. The highest BCUT2D eigenvalue weighted by atomic mass is 32.2. The Hall–Kier alpha value is -3.14. The van der Waals surface area contributed by atoms with Crippen LogP contribution in [-0.4, -0.2) is 71.8 Å². The predicted octanol–water partition coefficient (Wildman–Crippen LogP) is 2.28.